The highest BCUT2D eigenvalue weighted by molar-refractivity contribution is 6.43. The number of furan rings is 1. The van der Waals surface area contributed by atoms with E-state index in [2.05, 4.69) is 0 Å². The molecule has 0 fully saturated rings. The van der Waals surface area contributed by atoms with Gasteiger partial charge in [0.1, 0.15) is 29.8 Å². The van der Waals surface area contributed by atoms with Gasteiger partial charge in [0.05, 0.1) is 16.6 Å². The molecule has 1 aromatic heterocycles. The van der Waals surface area contributed by atoms with Crippen LogP contribution in [0.25, 0.3) is 17.4 Å². The molecule has 158 valence electrons. The third kappa shape index (κ3) is 4.55. The van der Waals surface area contributed by atoms with Crippen LogP contribution < -0.4 is 0 Å². The molecule has 0 unspecified atom stereocenters. The van der Waals surface area contributed by atoms with Crippen LogP contribution >= 0.6 is 23.2 Å². The van der Waals surface area contributed by atoms with Crippen LogP contribution in [0.3, 0.4) is 0 Å². The second-order valence-corrected chi connectivity index (χ2v) is 7.36. The van der Waals surface area contributed by atoms with Crippen LogP contribution in [0.15, 0.2) is 51.5 Å². The lowest BCUT2D eigenvalue weighted by Gasteiger charge is -2.27. The molecule has 0 radical (unpaired) electrons. The number of carbonyl (C=O) groups is 3. The highest BCUT2D eigenvalue weighted by atomic mass is 35.5. The monoisotopic (exact) mass is 458 g/mol. The van der Waals surface area contributed by atoms with E-state index in [1.165, 1.54) is 19.9 Å². The standard InChI is InChI=1S/C22H16Cl2N2O5/c1-12-16(21(28)26(8-9-30-13(2)27)22(29)17(12)11-25)10-14-6-7-19(31-14)15-4-3-5-18(23)20(15)24/h3-7,10H,8-9H2,1-2H3/b16-10+. The molecule has 0 saturated carbocycles. The third-order valence-corrected chi connectivity index (χ3v) is 5.39. The maximum absolute atomic E-state index is 12.9. The second kappa shape index (κ2) is 9.21. The van der Waals surface area contributed by atoms with E-state index in [9.17, 15) is 19.6 Å². The maximum atomic E-state index is 12.9. The first-order chi connectivity index (χ1) is 14.7. The van der Waals surface area contributed by atoms with Gasteiger partial charge in [-0.25, -0.2) is 0 Å². The zero-order valence-electron chi connectivity index (χ0n) is 16.6. The normalized spacial score (nSPS) is 15.5. The van der Waals surface area contributed by atoms with E-state index in [1.807, 2.05) is 6.07 Å². The minimum absolute atomic E-state index is 0.122. The zero-order valence-corrected chi connectivity index (χ0v) is 18.1. The Kier molecular flexibility index (Phi) is 6.64. The summed E-state index contributed by atoms with van der Waals surface area (Å²) < 4.78 is 10.6. The molecule has 7 nitrogen and oxygen atoms in total. The van der Waals surface area contributed by atoms with Gasteiger partial charge in [-0.05, 0) is 42.8 Å². The van der Waals surface area contributed by atoms with Crippen molar-refractivity contribution in [2.75, 3.05) is 13.2 Å². The molecular formula is C22H16Cl2N2O5. The molecule has 0 spiro atoms. The molecule has 0 bridgehead atoms. The van der Waals surface area contributed by atoms with Crippen molar-refractivity contribution in [3.05, 3.63) is 62.9 Å². The number of nitriles is 1. The molecular weight excluding hydrogens is 443 g/mol. The average Bonchev–Trinajstić information content (AvgIpc) is 3.18. The number of carbonyl (C=O) groups excluding carboxylic acids is 3. The Labute approximate surface area is 188 Å². The molecule has 0 N–H and O–H groups in total. The molecule has 2 heterocycles. The van der Waals surface area contributed by atoms with Crippen LogP contribution in [0.5, 0.6) is 0 Å². The number of amides is 2. The molecule has 9 heteroatoms. The van der Waals surface area contributed by atoms with Gasteiger partial charge in [0.2, 0.25) is 0 Å². The van der Waals surface area contributed by atoms with E-state index in [1.54, 1.807) is 30.3 Å². The van der Waals surface area contributed by atoms with E-state index in [-0.39, 0.29) is 29.9 Å². The van der Waals surface area contributed by atoms with Crippen LogP contribution in [0.2, 0.25) is 10.0 Å². The highest BCUT2D eigenvalue weighted by Crippen LogP contribution is 2.35. The van der Waals surface area contributed by atoms with E-state index in [0.29, 0.717) is 27.1 Å². The van der Waals surface area contributed by atoms with Gasteiger partial charge < -0.3 is 9.15 Å². The summed E-state index contributed by atoms with van der Waals surface area (Å²) in [5.41, 5.74) is 0.771. The fourth-order valence-electron chi connectivity index (χ4n) is 3.02. The summed E-state index contributed by atoms with van der Waals surface area (Å²) in [6, 6.07) is 10.3. The summed E-state index contributed by atoms with van der Waals surface area (Å²) in [5.74, 6) is -1.14. The summed E-state index contributed by atoms with van der Waals surface area (Å²) >= 11 is 12.3. The van der Waals surface area contributed by atoms with Gasteiger partial charge in [0.25, 0.3) is 11.8 Å². The first kappa shape index (κ1) is 22.3. The third-order valence-electron chi connectivity index (χ3n) is 4.58. The van der Waals surface area contributed by atoms with Gasteiger partial charge in [-0.1, -0.05) is 29.3 Å². The molecule has 0 atom stereocenters. The number of imide groups is 1. The Balaban J connectivity index is 1.97. The maximum Gasteiger partial charge on any atom is 0.302 e. The number of nitrogens with zero attached hydrogens (tertiary/aromatic N) is 2. The summed E-state index contributed by atoms with van der Waals surface area (Å²) in [6.45, 7) is 2.39. The Morgan fingerprint density at radius 2 is 1.97 bits per heavy atom. The first-order valence-electron chi connectivity index (χ1n) is 9.11. The highest BCUT2D eigenvalue weighted by Gasteiger charge is 2.35. The summed E-state index contributed by atoms with van der Waals surface area (Å²) in [4.78, 5) is 37.3. The molecule has 31 heavy (non-hydrogen) atoms. The molecule has 2 aromatic rings. The number of hydrogen-bond acceptors (Lipinski definition) is 6. The smallest absolute Gasteiger partial charge is 0.302 e. The van der Waals surface area contributed by atoms with Crippen molar-refractivity contribution in [3.63, 3.8) is 0 Å². The summed E-state index contributed by atoms with van der Waals surface area (Å²) in [7, 11) is 0. The van der Waals surface area contributed by atoms with Crippen molar-refractivity contribution < 1.29 is 23.5 Å². The van der Waals surface area contributed by atoms with Gasteiger partial charge in [-0.3, -0.25) is 19.3 Å². The fourth-order valence-corrected chi connectivity index (χ4v) is 3.42. The van der Waals surface area contributed by atoms with Crippen LogP contribution in [0.4, 0.5) is 0 Å². The zero-order chi connectivity index (χ0) is 22.7. The predicted octanol–water partition coefficient (Wildman–Crippen LogP) is 4.41. The van der Waals surface area contributed by atoms with E-state index in [4.69, 9.17) is 32.4 Å². The number of hydrogen-bond donors (Lipinski definition) is 0. The Morgan fingerprint density at radius 1 is 1.23 bits per heavy atom. The van der Waals surface area contributed by atoms with Crippen molar-refractivity contribution in [1.29, 1.82) is 5.26 Å². The summed E-state index contributed by atoms with van der Waals surface area (Å²) in [6.07, 6.45) is 1.45. The number of benzene rings is 1. The molecule has 1 aliphatic heterocycles. The number of rotatable bonds is 5. The van der Waals surface area contributed by atoms with E-state index >= 15 is 0 Å². The topological polar surface area (TPSA) is 101 Å². The second-order valence-electron chi connectivity index (χ2n) is 6.58. The van der Waals surface area contributed by atoms with Crippen molar-refractivity contribution in [2.45, 2.75) is 13.8 Å². The van der Waals surface area contributed by atoms with Gasteiger partial charge in [0.15, 0.2) is 0 Å². The average molecular weight is 459 g/mol. The van der Waals surface area contributed by atoms with Gasteiger partial charge in [-0.2, -0.15) is 5.26 Å². The number of halogens is 2. The minimum atomic E-state index is -0.736. The van der Waals surface area contributed by atoms with Crippen molar-refractivity contribution in [3.8, 4) is 17.4 Å². The van der Waals surface area contributed by atoms with Gasteiger partial charge >= 0.3 is 5.97 Å². The van der Waals surface area contributed by atoms with Crippen LogP contribution in [-0.4, -0.2) is 35.8 Å². The molecule has 0 aliphatic carbocycles. The Hall–Kier alpha value is -3.34. The number of ether oxygens (including phenoxy) is 1. The van der Waals surface area contributed by atoms with Gasteiger partial charge in [0, 0.05) is 18.1 Å². The van der Waals surface area contributed by atoms with Crippen LogP contribution in [0.1, 0.15) is 19.6 Å². The van der Waals surface area contributed by atoms with Crippen molar-refractivity contribution >= 4 is 47.1 Å². The largest absolute Gasteiger partial charge is 0.464 e. The lowest BCUT2D eigenvalue weighted by atomic mass is 9.94. The SMILES string of the molecule is CC(=O)OCCN1C(=O)C(C#N)=C(C)/C(=C\c2ccc(-c3cccc(Cl)c3Cl)o2)C1=O. The van der Waals surface area contributed by atoms with E-state index < -0.39 is 17.8 Å². The lowest BCUT2D eigenvalue weighted by Crippen LogP contribution is -2.44. The number of esters is 1. The molecule has 0 saturated heterocycles. The Morgan fingerprint density at radius 3 is 2.65 bits per heavy atom. The van der Waals surface area contributed by atoms with Crippen molar-refractivity contribution in [2.24, 2.45) is 0 Å². The quantitative estimate of drug-likeness (QED) is 0.373. The predicted molar refractivity (Wildman–Crippen MR) is 114 cm³/mol. The summed E-state index contributed by atoms with van der Waals surface area (Å²) in [5, 5.41) is 10.1. The lowest BCUT2D eigenvalue weighted by molar-refractivity contribution is -0.147. The Bertz CT molecular complexity index is 1190. The minimum Gasteiger partial charge on any atom is -0.464 e. The van der Waals surface area contributed by atoms with Crippen molar-refractivity contribution in [1.82, 2.24) is 4.90 Å². The molecule has 1 aromatic carbocycles. The van der Waals surface area contributed by atoms with E-state index in [0.717, 1.165) is 4.90 Å². The molecule has 2 amide bonds. The molecule has 3 rings (SSSR count). The van der Waals surface area contributed by atoms with Crippen LogP contribution in [0, 0.1) is 11.3 Å². The van der Waals surface area contributed by atoms with Crippen LogP contribution in [-0.2, 0) is 19.1 Å². The fraction of sp³-hybridized carbons (Fsp3) is 0.182. The van der Waals surface area contributed by atoms with Gasteiger partial charge in [-0.15, -0.1) is 0 Å². The first-order valence-corrected chi connectivity index (χ1v) is 9.87. The molecule has 1 aliphatic rings.